The fourth-order valence-corrected chi connectivity index (χ4v) is 5.19. The number of carbonyl (C=O) groups excluding carboxylic acids is 2. The lowest BCUT2D eigenvalue weighted by Crippen LogP contribution is -2.52. The summed E-state index contributed by atoms with van der Waals surface area (Å²) in [6.07, 6.45) is 6.06. The molecule has 5 rings (SSSR count). The predicted molar refractivity (Wildman–Crippen MR) is 123 cm³/mol. The van der Waals surface area contributed by atoms with Gasteiger partial charge in [-0.25, -0.2) is 9.18 Å². The Kier molecular flexibility index (Phi) is 6.10. The molecule has 1 aromatic heterocycles. The van der Waals surface area contributed by atoms with E-state index < -0.39 is 17.4 Å². The van der Waals surface area contributed by atoms with Crippen LogP contribution in [-0.2, 0) is 24.2 Å². The van der Waals surface area contributed by atoms with Crippen LogP contribution in [0.4, 0.5) is 4.39 Å². The van der Waals surface area contributed by atoms with E-state index in [0.717, 1.165) is 37.8 Å². The smallest absolute Gasteiger partial charge is 0.328 e. The molecular formula is C25H29FN4O4. The number of rotatable bonds is 4. The van der Waals surface area contributed by atoms with Crippen LogP contribution in [-0.4, -0.2) is 57.3 Å². The molecule has 0 spiro atoms. The highest BCUT2D eigenvalue weighted by molar-refractivity contribution is 5.95. The minimum atomic E-state index is -0.613. The number of aromatic nitrogens is 2. The zero-order valence-corrected chi connectivity index (χ0v) is 19.1. The normalized spacial score (nSPS) is 18.4. The van der Waals surface area contributed by atoms with Gasteiger partial charge in [0.1, 0.15) is 5.82 Å². The molecule has 2 fully saturated rings. The summed E-state index contributed by atoms with van der Waals surface area (Å²) >= 11 is 0. The lowest BCUT2D eigenvalue weighted by molar-refractivity contribution is -0.139. The van der Waals surface area contributed by atoms with Crippen molar-refractivity contribution in [1.82, 2.24) is 19.4 Å². The summed E-state index contributed by atoms with van der Waals surface area (Å²) in [6.45, 7) is 1.81. The fourth-order valence-electron chi connectivity index (χ4n) is 5.19. The molecule has 9 heteroatoms. The molecule has 1 saturated heterocycles. The third-order valence-corrected chi connectivity index (χ3v) is 7.44. The number of carbonyl (C=O) groups is 2. The van der Waals surface area contributed by atoms with E-state index in [4.69, 9.17) is 0 Å². The molecule has 0 atom stereocenters. The number of benzene rings is 1. The highest BCUT2D eigenvalue weighted by atomic mass is 19.1. The Morgan fingerprint density at radius 1 is 0.971 bits per heavy atom. The van der Waals surface area contributed by atoms with Crippen molar-refractivity contribution in [2.45, 2.75) is 51.5 Å². The van der Waals surface area contributed by atoms with Crippen LogP contribution in [0.15, 0.2) is 27.8 Å². The summed E-state index contributed by atoms with van der Waals surface area (Å²) in [5.74, 6) is -0.733. The summed E-state index contributed by atoms with van der Waals surface area (Å²) < 4.78 is 16.2. The van der Waals surface area contributed by atoms with Crippen LogP contribution >= 0.6 is 0 Å². The molecule has 2 amide bonds. The Balaban J connectivity index is 1.33. The summed E-state index contributed by atoms with van der Waals surface area (Å²) in [5, 5.41) is 0. The van der Waals surface area contributed by atoms with Gasteiger partial charge < -0.3 is 9.80 Å². The summed E-state index contributed by atoms with van der Waals surface area (Å²) in [4.78, 5) is 56.1. The summed E-state index contributed by atoms with van der Waals surface area (Å²) in [7, 11) is 0. The zero-order valence-electron chi connectivity index (χ0n) is 19.1. The van der Waals surface area contributed by atoms with Crippen LogP contribution in [0.1, 0.15) is 59.3 Å². The molecule has 1 saturated carbocycles. The summed E-state index contributed by atoms with van der Waals surface area (Å²) in [6, 6.07) is 4.31. The minimum Gasteiger partial charge on any atom is -0.339 e. The molecule has 1 aromatic carbocycles. The van der Waals surface area contributed by atoms with E-state index in [1.165, 1.54) is 16.7 Å². The number of fused-ring (bicyclic) bond motifs is 1. The fraction of sp³-hybridized carbons (Fsp3) is 0.520. The van der Waals surface area contributed by atoms with Gasteiger partial charge in [-0.1, -0.05) is 12.5 Å². The predicted octanol–water partition coefficient (Wildman–Crippen LogP) is 1.69. The Bertz CT molecular complexity index is 1240. The maximum absolute atomic E-state index is 14.7. The van der Waals surface area contributed by atoms with Crippen molar-refractivity contribution in [2.24, 2.45) is 5.92 Å². The Morgan fingerprint density at radius 3 is 2.38 bits per heavy atom. The van der Waals surface area contributed by atoms with Gasteiger partial charge in [0.05, 0.1) is 12.1 Å². The highest BCUT2D eigenvalue weighted by Gasteiger charge is 2.32. The lowest BCUT2D eigenvalue weighted by Gasteiger charge is -2.38. The van der Waals surface area contributed by atoms with Crippen LogP contribution in [0.3, 0.4) is 0 Å². The lowest BCUT2D eigenvalue weighted by atomic mass is 9.84. The van der Waals surface area contributed by atoms with Crippen molar-refractivity contribution in [1.29, 1.82) is 0 Å². The van der Waals surface area contributed by atoms with Crippen molar-refractivity contribution in [3.8, 4) is 0 Å². The second kappa shape index (κ2) is 9.19. The third kappa shape index (κ3) is 4.19. The number of halogens is 1. The van der Waals surface area contributed by atoms with E-state index in [2.05, 4.69) is 4.98 Å². The van der Waals surface area contributed by atoms with Crippen LogP contribution in [0.2, 0.25) is 0 Å². The van der Waals surface area contributed by atoms with Gasteiger partial charge in [-0.05, 0) is 56.2 Å². The molecule has 0 radical (unpaired) electrons. The van der Waals surface area contributed by atoms with Crippen LogP contribution in [0.5, 0.6) is 0 Å². The van der Waals surface area contributed by atoms with E-state index in [9.17, 15) is 23.6 Å². The monoisotopic (exact) mass is 468 g/mol. The SMILES string of the molecule is O=C(c1cc(Cn2c3c(c(=O)[nH]c2=O)CCCC3)ccc1F)N1CCN(C(=O)C2CCC2)CC1. The molecule has 0 bridgehead atoms. The molecule has 1 N–H and O–H groups in total. The third-order valence-electron chi connectivity index (χ3n) is 7.44. The van der Waals surface area contributed by atoms with Crippen LogP contribution in [0, 0.1) is 11.7 Å². The summed E-state index contributed by atoms with van der Waals surface area (Å²) in [5.41, 5.74) is 1.12. The van der Waals surface area contributed by atoms with Gasteiger partial charge in [0.15, 0.2) is 0 Å². The maximum Gasteiger partial charge on any atom is 0.328 e. The van der Waals surface area contributed by atoms with Crippen molar-refractivity contribution in [3.63, 3.8) is 0 Å². The largest absolute Gasteiger partial charge is 0.339 e. The molecule has 1 aliphatic heterocycles. The van der Waals surface area contributed by atoms with Crippen molar-refractivity contribution in [3.05, 3.63) is 67.2 Å². The van der Waals surface area contributed by atoms with Gasteiger partial charge in [-0.15, -0.1) is 0 Å². The number of nitrogens with one attached hydrogen (secondary N) is 1. The minimum absolute atomic E-state index is 0.0392. The standard InChI is InChI=1S/C25H29FN4O4/c26-20-9-8-16(15-30-21-7-2-1-6-18(21)22(31)27-25(30)34)14-19(20)24(33)29-12-10-28(11-13-29)23(32)17-4-3-5-17/h8-9,14,17H,1-7,10-13,15H2,(H,27,31,34). The topological polar surface area (TPSA) is 95.5 Å². The van der Waals surface area contributed by atoms with Crippen LogP contribution in [0.25, 0.3) is 0 Å². The van der Waals surface area contributed by atoms with Gasteiger partial charge in [-0.3, -0.25) is 23.9 Å². The van der Waals surface area contributed by atoms with E-state index >= 15 is 0 Å². The van der Waals surface area contributed by atoms with Gasteiger partial charge in [0.2, 0.25) is 5.91 Å². The molecule has 0 unspecified atom stereocenters. The molecule has 3 aliphatic rings. The van der Waals surface area contributed by atoms with E-state index in [-0.39, 0.29) is 29.5 Å². The number of piperazine rings is 1. The molecular weight excluding hydrogens is 439 g/mol. The molecule has 34 heavy (non-hydrogen) atoms. The number of nitrogens with zero attached hydrogens (tertiary/aromatic N) is 3. The number of H-pyrrole nitrogens is 1. The van der Waals surface area contributed by atoms with Crippen LogP contribution < -0.4 is 11.2 Å². The quantitative estimate of drug-likeness (QED) is 0.739. The first-order chi connectivity index (χ1) is 16.4. The zero-order chi connectivity index (χ0) is 23.8. The number of amides is 2. The first kappa shape index (κ1) is 22.6. The second-order valence-corrected chi connectivity index (χ2v) is 9.54. The van der Waals surface area contributed by atoms with E-state index in [1.54, 1.807) is 11.0 Å². The van der Waals surface area contributed by atoms with E-state index in [0.29, 0.717) is 50.1 Å². The Labute approximate surface area is 196 Å². The van der Waals surface area contributed by atoms with Gasteiger partial charge >= 0.3 is 5.69 Å². The number of hydrogen-bond donors (Lipinski definition) is 1. The first-order valence-electron chi connectivity index (χ1n) is 12.1. The molecule has 8 nitrogen and oxygen atoms in total. The van der Waals surface area contributed by atoms with Crippen molar-refractivity contribution in [2.75, 3.05) is 26.2 Å². The maximum atomic E-state index is 14.7. The van der Waals surface area contributed by atoms with Gasteiger partial charge in [0.25, 0.3) is 11.5 Å². The van der Waals surface area contributed by atoms with Crippen molar-refractivity contribution < 1.29 is 14.0 Å². The number of hydrogen-bond acceptors (Lipinski definition) is 4. The molecule has 2 aliphatic carbocycles. The van der Waals surface area contributed by atoms with E-state index in [1.807, 2.05) is 4.90 Å². The van der Waals surface area contributed by atoms with Crippen molar-refractivity contribution >= 4 is 11.8 Å². The Morgan fingerprint density at radius 2 is 1.68 bits per heavy atom. The first-order valence-corrected chi connectivity index (χ1v) is 12.1. The number of aromatic amines is 1. The second-order valence-electron chi connectivity index (χ2n) is 9.54. The highest BCUT2D eigenvalue weighted by Crippen LogP contribution is 2.28. The van der Waals surface area contributed by atoms with Gasteiger partial charge in [-0.2, -0.15) is 0 Å². The molecule has 2 heterocycles. The molecule has 2 aromatic rings. The average molecular weight is 469 g/mol. The Hall–Kier alpha value is -3.23. The average Bonchev–Trinajstić information content (AvgIpc) is 2.81. The molecule has 180 valence electrons. The van der Waals surface area contributed by atoms with Gasteiger partial charge in [0, 0.05) is 43.4 Å².